The number of halogens is 1. The van der Waals surface area contributed by atoms with Gasteiger partial charge in [-0.25, -0.2) is 0 Å². The van der Waals surface area contributed by atoms with Crippen molar-refractivity contribution in [2.75, 3.05) is 0 Å². The van der Waals surface area contributed by atoms with Gasteiger partial charge in [-0.15, -0.1) is 0 Å². The van der Waals surface area contributed by atoms with E-state index in [4.69, 9.17) is 11.6 Å². The average molecular weight is 266 g/mol. The maximum Gasteiger partial charge on any atom is 0.0864 e. The van der Waals surface area contributed by atoms with Gasteiger partial charge in [0.2, 0.25) is 0 Å². The van der Waals surface area contributed by atoms with E-state index in [1.807, 2.05) is 26.2 Å². The molecular weight excluding hydrogens is 250 g/mol. The molecule has 1 N–H and O–H groups in total. The minimum atomic E-state index is -0.589. The van der Waals surface area contributed by atoms with Crippen LogP contribution in [0.2, 0.25) is 5.02 Å². The van der Waals surface area contributed by atoms with Crippen LogP contribution in [0.3, 0.4) is 0 Å². The van der Waals surface area contributed by atoms with Crippen molar-refractivity contribution in [1.82, 2.24) is 14.8 Å². The summed E-state index contributed by atoms with van der Waals surface area (Å²) in [6.45, 7) is 2.03. The summed E-state index contributed by atoms with van der Waals surface area (Å²) in [5, 5.41) is 15.2. The number of aliphatic hydroxyl groups is 1. The van der Waals surface area contributed by atoms with E-state index < -0.39 is 6.10 Å². The van der Waals surface area contributed by atoms with Crippen LogP contribution in [0, 0.1) is 0 Å². The van der Waals surface area contributed by atoms with E-state index in [0.717, 1.165) is 23.2 Å². The van der Waals surface area contributed by atoms with E-state index in [9.17, 15) is 5.11 Å². The highest BCUT2D eigenvalue weighted by atomic mass is 35.5. The molecule has 96 valence electrons. The second kappa shape index (κ2) is 5.50. The highest BCUT2D eigenvalue weighted by molar-refractivity contribution is 6.31. The largest absolute Gasteiger partial charge is 0.388 e. The van der Waals surface area contributed by atoms with Crippen LogP contribution >= 0.6 is 11.6 Å². The zero-order valence-electron chi connectivity index (χ0n) is 10.5. The summed E-state index contributed by atoms with van der Waals surface area (Å²) in [6.07, 6.45) is 5.81. The molecule has 2 aromatic heterocycles. The fourth-order valence-electron chi connectivity index (χ4n) is 1.99. The number of hydrogen-bond acceptors (Lipinski definition) is 3. The topological polar surface area (TPSA) is 50.9 Å². The highest BCUT2D eigenvalue weighted by Gasteiger charge is 2.16. The molecule has 0 aliphatic carbocycles. The lowest BCUT2D eigenvalue weighted by Crippen LogP contribution is -2.04. The molecule has 0 saturated heterocycles. The molecular formula is C13H16ClN3O. The highest BCUT2D eigenvalue weighted by Crippen LogP contribution is 2.24. The van der Waals surface area contributed by atoms with Gasteiger partial charge in [0.05, 0.1) is 16.8 Å². The predicted molar refractivity (Wildman–Crippen MR) is 70.5 cm³/mol. The summed E-state index contributed by atoms with van der Waals surface area (Å²) in [5.41, 5.74) is 2.69. The van der Waals surface area contributed by atoms with Crippen molar-refractivity contribution in [1.29, 1.82) is 0 Å². The van der Waals surface area contributed by atoms with E-state index in [0.29, 0.717) is 11.4 Å². The smallest absolute Gasteiger partial charge is 0.0864 e. The first-order valence-corrected chi connectivity index (χ1v) is 6.28. The summed E-state index contributed by atoms with van der Waals surface area (Å²) >= 11 is 6.04. The molecule has 0 bridgehead atoms. The Balaban J connectivity index is 2.21. The first kappa shape index (κ1) is 13.1. The molecule has 1 unspecified atom stereocenters. The maximum atomic E-state index is 10.3. The van der Waals surface area contributed by atoms with Crippen molar-refractivity contribution in [3.63, 3.8) is 0 Å². The zero-order chi connectivity index (χ0) is 13.1. The van der Waals surface area contributed by atoms with Crippen LogP contribution in [0.4, 0.5) is 0 Å². The zero-order valence-corrected chi connectivity index (χ0v) is 11.2. The van der Waals surface area contributed by atoms with Crippen LogP contribution < -0.4 is 0 Å². The summed E-state index contributed by atoms with van der Waals surface area (Å²) in [5.74, 6) is 0. The Morgan fingerprint density at radius 1 is 1.50 bits per heavy atom. The second-order valence-electron chi connectivity index (χ2n) is 4.25. The fraction of sp³-hybridized carbons (Fsp3) is 0.385. The molecule has 2 heterocycles. The molecule has 0 aliphatic rings. The number of aromatic nitrogens is 3. The van der Waals surface area contributed by atoms with E-state index in [2.05, 4.69) is 10.1 Å². The lowest BCUT2D eigenvalue weighted by molar-refractivity contribution is 0.177. The van der Waals surface area contributed by atoms with Crippen molar-refractivity contribution < 1.29 is 5.11 Å². The normalized spacial score (nSPS) is 12.7. The minimum absolute atomic E-state index is 0.472. The van der Waals surface area contributed by atoms with Crippen molar-refractivity contribution in [3.05, 3.63) is 46.5 Å². The van der Waals surface area contributed by atoms with E-state index in [1.165, 1.54) is 0 Å². The molecule has 4 nitrogen and oxygen atoms in total. The standard InChI is InChI=1S/C13H16ClN3O/c1-3-12-10(8-17(2)16-12)13(18)6-9-4-5-15-7-11(9)14/h4-5,7-8,13,18H,3,6H2,1-2H3. The fourth-order valence-corrected chi connectivity index (χ4v) is 2.19. The van der Waals surface area contributed by atoms with Crippen LogP contribution in [-0.4, -0.2) is 19.9 Å². The van der Waals surface area contributed by atoms with Crippen LogP contribution in [-0.2, 0) is 19.9 Å². The molecule has 2 rings (SSSR count). The van der Waals surface area contributed by atoms with Gasteiger partial charge in [-0.3, -0.25) is 9.67 Å². The molecule has 5 heteroatoms. The second-order valence-corrected chi connectivity index (χ2v) is 4.65. The molecule has 0 aliphatic heterocycles. The van der Waals surface area contributed by atoms with Gasteiger partial charge in [0, 0.05) is 37.6 Å². The number of pyridine rings is 1. The van der Waals surface area contributed by atoms with E-state index in [-0.39, 0.29) is 0 Å². The van der Waals surface area contributed by atoms with Gasteiger partial charge in [-0.05, 0) is 18.1 Å². The van der Waals surface area contributed by atoms with Crippen molar-refractivity contribution >= 4 is 11.6 Å². The van der Waals surface area contributed by atoms with Crippen LogP contribution in [0.5, 0.6) is 0 Å². The Hall–Kier alpha value is -1.39. The lowest BCUT2D eigenvalue weighted by Gasteiger charge is -2.11. The number of aryl methyl sites for hydroxylation is 2. The molecule has 2 aromatic rings. The van der Waals surface area contributed by atoms with Gasteiger partial charge in [-0.2, -0.15) is 5.10 Å². The summed E-state index contributed by atoms with van der Waals surface area (Å²) in [7, 11) is 1.86. The maximum absolute atomic E-state index is 10.3. The third-order valence-corrected chi connectivity index (χ3v) is 3.24. The summed E-state index contributed by atoms with van der Waals surface area (Å²) < 4.78 is 1.73. The number of nitrogens with zero attached hydrogens (tertiary/aromatic N) is 3. The first-order valence-electron chi connectivity index (χ1n) is 5.90. The SMILES string of the molecule is CCc1nn(C)cc1C(O)Cc1ccncc1Cl. The Morgan fingerprint density at radius 2 is 2.28 bits per heavy atom. The van der Waals surface area contributed by atoms with Gasteiger partial charge in [-0.1, -0.05) is 18.5 Å². The van der Waals surface area contributed by atoms with Crippen molar-refractivity contribution in [2.45, 2.75) is 25.9 Å². The molecule has 0 fully saturated rings. The van der Waals surface area contributed by atoms with Crippen molar-refractivity contribution in [2.24, 2.45) is 7.05 Å². The molecule has 18 heavy (non-hydrogen) atoms. The quantitative estimate of drug-likeness (QED) is 0.923. The van der Waals surface area contributed by atoms with Gasteiger partial charge in [0.15, 0.2) is 0 Å². The molecule has 1 atom stereocenters. The van der Waals surface area contributed by atoms with Crippen LogP contribution in [0.1, 0.15) is 29.8 Å². The number of hydrogen-bond donors (Lipinski definition) is 1. The predicted octanol–water partition coefficient (Wildman–Crippen LogP) is 2.31. The monoisotopic (exact) mass is 265 g/mol. The van der Waals surface area contributed by atoms with Crippen molar-refractivity contribution in [3.8, 4) is 0 Å². The summed E-state index contributed by atoms with van der Waals surface area (Å²) in [4.78, 5) is 3.93. The number of aliphatic hydroxyl groups excluding tert-OH is 1. The molecule has 0 amide bonds. The van der Waals surface area contributed by atoms with Crippen LogP contribution in [0.15, 0.2) is 24.7 Å². The Bertz CT molecular complexity index is 539. The Labute approximate surface area is 111 Å². The molecule has 0 spiro atoms. The summed E-state index contributed by atoms with van der Waals surface area (Å²) in [6, 6.07) is 1.83. The Morgan fingerprint density at radius 3 is 2.94 bits per heavy atom. The Kier molecular flexibility index (Phi) is 3.99. The van der Waals surface area contributed by atoms with E-state index >= 15 is 0 Å². The van der Waals surface area contributed by atoms with E-state index in [1.54, 1.807) is 17.1 Å². The molecule has 0 aromatic carbocycles. The van der Waals surface area contributed by atoms with Gasteiger partial charge >= 0.3 is 0 Å². The van der Waals surface area contributed by atoms with Gasteiger partial charge in [0.25, 0.3) is 0 Å². The van der Waals surface area contributed by atoms with Crippen LogP contribution in [0.25, 0.3) is 0 Å². The third-order valence-electron chi connectivity index (χ3n) is 2.90. The lowest BCUT2D eigenvalue weighted by atomic mass is 10.0. The average Bonchev–Trinajstić information content (AvgIpc) is 2.73. The number of rotatable bonds is 4. The molecule has 0 radical (unpaired) electrons. The minimum Gasteiger partial charge on any atom is -0.388 e. The third kappa shape index (κ3) is 2.71. The van der Waals surface area contributed by atoms with Gasteiger partial charge < -0.3 is 5.11 Å². The van der Waals surface area contributed by atoms with Gasteiger partial charge in [0.1, 0.15) is 0 Å². The first-order chi connectivity index (χ1) is 8.61. The molecule has 0 saturated carbocycles.